The quantitative estimate of drug-likeness (QED) is 0.111. The number of esters is 1. The van der Waals surface area contributed by atoms with Gasteiger partial charge in [-0.3, -0.25) is 19.7 Å². The highest BCUT2D eigenvalue weighted by Gasteiger charge is 2.58. The molecule has 2 amide bonds. The highest BCUT2D eigenvalue weighted by atomic mass is 32.2. The maximum Gasteiger partial charge on any atom is 0.356 e. The summed E-state index contributed by atoms with van der Waals surface area (Å²) in [5.74, 6) is -0.694. The molecular formula is C30H43N3O7SSi. The van der Waals surface area contributed by atoms with Crippen molar-refractivity contribution in [1.29, 1.82) is 0 Å². The Labute approximate surface area is 253 Å². The molecule has 0 saturated carbocycles. The van der Waals surface area contributed by atoms with Crippen LogP contribution in [0.3, 0.4) is 0 Å². The minimum atomic E-state index is -2.12. The van der Waals surface area contributed by atoms with E-state index in [4.69, 9.17) is 9.16 Å². The minimum Gasteiger partial charge on any atom is -0.456 e. The van der Waals surface area contributed by atoms with Gasteiger partial charge in [0.2, 0.25) is 11.8 Å². The summed E-state index contributed by atoms with van der Waals surface area (Å²) >= 11 is 1.60. The second kappa shape index (κ2) is 12.1. The smallest absolute Gasteiger partial charge is 0.356 e. The number of likely N-dealkylation sites (tertiary alicyclic amines) is 1. The van der Waals surface area contributed by atoms with Crippen molar-refractivity contribution in [3.05, 3.63) is 50.5 Å². The monoisotopic (exact) mass is 617 g/mol. The number of nitro groups is 1. The molecule has 0 aromatic heterocycles. The number of carbonyl (C=O) groups excluding carboxylic acids is 3. The fourth-order valence-electron chi connectivity index (χ4n) is 5.74. The lowest BCUT2D eigenvalue weighted by molar-refractivity contribution is -0.384. The van der Waals surface area contributed by atoms with E-state index >= 15 is 0 Å². The van der Waals surface area contributed by atoms with E-state index in [0.29, 0.717) is 24.2 Å². The van der Waals surface area contributed by atoms with Gasteiger partial charge in [-0.05, 0) is 55.1 Å². The molecule has 3 aliphatic heterocycles. The van der Waals surface area contributed by atoms with Gasteiger partial charge < -0.3 is 19.0 Å². The van der Waals surface area contributed by atoms with E-state index in [0.717, 1.165) is 17.9 Å². The third-order valence-electron chi connectivity index (χ3n) is 9.33. The molecule has 0 bridgehead atoms. The molecule has 2 saturated heterocycles. The SMILES string of the molecule is CC(=O)N1CCC(C(C)SC2=C(C(=O)OCc3ccc([N+](=O)[O-])cc3)N3C(=O)C(C(C)O[Si](C)(C)C(C)(C)C)[C@H]3C2)C1. The predicted octanol–water partition coefficient (Wildman–Crippen LogP) is 5.48. The van der Waals surface area contributed by atoms with Gasteiger partial charge in [-0.15, -0.1) is 11.8 Å². The topological polar surface area (TPSA) is 119 Å². The number of fused-ring (bicyclic) bond motifs is 1. The Bertz CT molecular complexity index is 1280. The first-order chi connectivity index (χ1) is 19.5. The Balaban J connectivity index is 1.53. The van der Waals surface area contributed by atoms with Gasteiger partial charge >= 0.3 is 5.97 Å². The number of ether oxygens (including phenoxy) is 1. The standard InChI is InChI=1S/C30H43N3O7SSi/c1-18(40-42(7,8)30(4,5)6)26-24-15-25(41-19(2)22-13-14-31(16-22)20(3)34)27(32(24)28(26)35)29(36)39-17-21-9-11-23(12-10-21)33(37)38/h9-12,18-19,22,24,26H,13-17H2,1-8H3/t18?,19?,22?,24-,26?/m1/s1. The van der Waals surface area contributed by atoms with Crippen molar-refractivity contribution in [1.82, 2.24) is 9.80 Å². The third-order valence-corrected chi connectivity index (χ3v) is 15.3. The summed E-state index contributed by atoms with van der Waals surface area (Å²) in [5, 5.41) is 11.1. The first-order valence-corrected chi connectivity index (χ1v) is 18.4. The minimum absolute atomic E-state index is 0.0000168. The average Bonchev–Trinajstić information content (AvgIpc) is 3.50. The van der Waals surface area contributed by atoms with Crippen LogP contribution in [0.15, 0.2) is 34.9 Å². The molecule has 12 heteroatoms. The van der Waals surface area contributed by atoms with Crippen LogP contribution in [0.5, 0.6) is 0 Å². The van der Waals surface area contributed by atoms with Crippen molar-refractivity contribution < 1.29 is 28.5 Å². The normalized spacial score (nSPS) is 23.9. The van der Waals surface area contributed by atoms with Crippen LogP contribution < -0.4 is 0 Å². The molecule has 230 valence electrons. The van der Waals surface area contributed by atoms with E-state index in [2.05, 4.69) is 40.8 Å². The van der Waals surface area contributed by atoms with Gasteiger partial charge in [0, 0.05) is 48.7 Å². The van der Waals surface area contributed by atoms with Gasteiger partial charge in [0.15, 0.2) is 8.32 Å². The number of β-lactam (4-membered cyclic amide) rings is 1. The summed E-state index contributed by atoms with van der Waals surface area (Å²) in [6.45, 7) is 17.9. The van der Waals surface area contributed by atoms with Gasteiger partial charge in [-0.2, -0.15) is 0 Å². The van der Waals surface area contributed by atoms with E-state index < -0.39 is 19.2 Å². The number of hydrogen-bond donors (Lipinski definition) is 0. The Kier molecular flexibility index (Phi) is 9.30. The summed E-state index contributed by atoms with van der Waals surface area (Å²) in [5.41, 5.74) is 0.868. The Morgan fingerprint density at radius 3 is 2.38 bits per heavy atom. The number of non-ortho nitro benzene ring substituents is 1. The van der Waals surface area contributed by atoms with Crippen LogP contribution in [0.4, 0.5) is 5.69 Å². The first-order valence-electron chi connectivity index (χ1n) is 14.6. The van der Waals surface area contributed by atoms with Crippen molar-refractivity contribution in [2.45, 2.75) is 96.5 Å². The van der Waals surface area contributed by atoms with Crippen LogP contribution in [-0.2, 0) is 30.2 Å². The number of amides is 2. The predicted molar refractivity (Wildman–Crippen MR) is 164 cm³/mol. The van der Waals surface area contributed by atoms with Crippen molar-refractivity contribution in [2.75, 3.05) is 13.1 Å². The summed E-state index contributed by atoms with van der Waals surface area (Å²) in [4.78, 5) is 53.8. The number of nitrogens with zero attached hydrogens (tertiary/aromatic N) is 3. The fourth-order valence-corrected chi connectivity index (χ4v) is 8.59. The van der Waals surface area contributed by atoms with Crippen LogP contribution in [0.2, 0.25) is 18.1 Å². The van der Waals surface area contributed by atoms with Gasteiger partial charge in [0.05, 0.1) is 23.0 Å². The van der Waals surface area contributed by atoms with E-state index in [-0.39, 0.29) is 58.4 Å². The van der Waals surface area contributed by atoms with E-state index in [1.807, 2.05) is 11.8 Å². The van der Waals surface area contributed by atoms with Gasteiger partial charge in [-0.25, -0.2) is 4.79 Å². The zero-order valence-corrected chi connectivity index (χ0v) is 27.7. The lowest BCUT2D eigenvalue weighted by atomic mass is 9.83. The molecule has 0 N–H and O–H groups in total. The maximum atomic E-state index is 13.6. The molecule has 0 radical (unpaired) electrons. The Morgan fingerprint density at radius 1 is 1.19 bits per heavy atom. The average molecular weight is 618 g/mol. The largest absolute Gasteiger partial charge is 0.456 e. The third kappa shape index (κ3) is 6.45. The number of hydrogen-bond acceptors (Lipinski definition) is 8. The highest BCUT2D eigenvalue weighted by Crippen LogP contribution is 2.50. The van der Waals surface area contributed by atoms with Gasteiger partial charge in [-0.1, -0.05) is 27.7 Å². The molecule has 4 rings (SSSR count). The maximum absolute atomic E-state index is 13.6. The van der Waals surface area contributed by atoms with E-state index in [1.165, 1.54) is 12.1 Å². The van der Waals surface area contributed by atoms with Gasteiger partial charge in [0.1, 0.15) is 12.3 Å². The molecular weight excluding hydrogens is 574 g/mol. The van der Waals surface area contributed by atoms with E-state index in [9.17, 15) is 24.5 Å². The lowest BCUT2D eigenvalue weighted by Gasteiger charge is -2.48. The molecule has 1 aromatic rings. The van der Waals surface area contributed by atoms with Gasteiger partial charge in [0.25, 0.3) is 5.69 Å². The highest BCUT2D eigenvalue weighted by molar-refractivity contribution is 8.03. The molecule has 3 aliphatic rings. The lowest BCUT2D eigenvalue weighted by Crippen LogP contribution is -2.63. The number of nitro benzene ring substituents is 1. The molecule has 2 fully saturated rings. The Hall–Kier alpha value is -2.70. The van der Waals surface area contributed by atoms with Crippen LogP contribution >= 0.6 is 11.8 Å². The van der Waals surface area contributed by atoms with Crippen LogP contribution in [-0.4, -0.2) is 71.3 Å². The second-order valence-electron chi connectivity index (χ2n) is 13.2. The van der Waals surface area contributed by atoms with Crippen LogP contribution in [0.25, 0.3) is 0 Å². The molecule has 5 atom stereocenters. The molecule has 0 spiro atoms. The van der Waals surface area contributed by atoms with Crippen LogP contribution in [0, 0.1) is 22.0 Å². The first kappa shape index (κ1) is 32.2. The fraction of sp³-hybridized carbons (Fsp3) is 0.633. The van der Waals surface area contributed by atoms with E-state index in [1.54, 1.807) is 35.7 Å². The molecule has 10 nitrogen and oxygen atoms in total. The zero-order chi connectivity index (χ0) is 31.1. The molecule has 3 heterocycles. The summed E-state index contributed by atoms with van der Waals surface area (Å²) in [7, 11) is -2.12. The molecule has 42 heavy (non-hydrogen) atoms. The van der Waals surface area contributed by atoms with Crippen molar-refractivity contribution in [3.63, 3.8) is 0 Å². The van der Waals surface area contributed by atoms with Crippen molar-refractivity contribution >= 4 is 43.6 Å². The van der Waals surface area contributed by atoms with Crippen LogP contribution in [0.1, 0.15) is 59.9 Å². The summed E-state index contributed by atoms with van der Waals surface area (Å²) in [6, 6.07) is 5.68. The van der Waals surface area contributed by atoms with Crippen molar-refractivity contribution in [2.24, 2.45) is 11.8 Å². The second-order valence-corrected chi connectivity index (χ2v) is 19.4. The number of benzene rings is 1. The Morgan fingerprint density at radius 2 is 1.83 bits per heavy atom. The molecule has 0 aliphatic carbocycles. The zero-order valence-electron chi connectivity index (χ0n) is 25.8. The van der Waals surface area contributed by atoms with Crippen molar-refractivity contribution in [3.8, 4) is 0 Å². The summed E-state index contributed by atoms with van der Waals surface area (Å²) in [6.07, 6.45) is 1.17. The number of thioether (sulfide) groups is 1. The number of carbonyl (C=O) groups is 3. The number of rotatable bonds is 10. The summed E-state index contributed by atoms with van der Waals surface area (Å²) < 4.78 is 12.3. The molecule has 1 aromatic carbocycles. The molecule has 4 unspecified atom stereocenters.